The van der Waals surface area contributed by atoms with Gasteiger partial charge in [0.2, 0.25) is 0 Å². The van der Waals surface area contributed by atoms with Crippen molar-refractivity contribution in [2.24, 2.45) is 0 Å². The van der Waals surface area contributed by atoms with E-state index in [1.807, 2.05) is 66.7 Å². The van der Waals surface area contributed by atoms with Crippen LogP contribution in [-0.2, 0) is 0 Å². The first-order valence-corrected chi connectivity index (χ1v) is 15.7. The van der Waals surface area contributed by atoms with Gasteiger partial charge in [0.05, 0.1) is 0 Å². The fraction of sp³-hybridized carbons (Fsp3) is 0. The van der Waals surface area contributed by atoms with Gasteiger partial charge in [0.1, 0.15) is 11.2 Å². The third-order valence-corrected chi connectivity index (χ3v) is 8.73. The Morgan fingerprint density at radius 1 is 0.340 bits per heavy atom. The van der Waals surface area contributed by atoms with Crippen LogP contribution in [0.25, 0.3) is 89.1 Å². The highest BCUT2D eigenvalue weighted by molar-refractivity contribution is 6.11. The molecule has 7 aromatic carbocycles. The lowest BCUT2D eigenvalue weighted by molar-refractivity contribution is 0.669. The molecular formula is C43H27N3O. The smallest absolute Gasteiger partial charge is 0.164 e. The van der Waals surface area contributed by atoms with Gasteiger partial charge in [0.15, 0.2) is 17.5 Å². The minimum atomic E-state index is 0.606. The molecule has 0 fully saturated rings. The van der Waals surface area contributed by atoms with E-state index in [4.69, 9.17) is 19.4 Å². The number of fused-ring (bicyclic) bond motifs is 4. The number of aromatic nitrogens is 3. The minimum absolute atomic E-state index is 0.606. The van der Waals surface area contributed by atoms with E-state index >= 15 is 0 Å². The zero-order valence-corrected chi connectivity index (χ0v) is 25.3. The van der Waals surface area contributed by atoms with Crippen molar-refractivity contribution in [2.45, 2.75) is 0 Å². The molecule has 2 aromatic heterocycles. The van der Waals surface area contributed by atoms with Crippen molar-refractivity contribution < 1.29 is 4.42 Å². The van der Waals surface area contributed by atoms with E-state index in [2.05, 4.69) is 97.1 Å². The maximum absolute atomic E-state index is 6.21. The molecule has 0 spiro atoms. The van der Waals surface area contributed by atoms with Gasteiger partial charge < -0.3 is 4.42 Å². The lowest BCUT2D eigenvalue weighted by Crippen LogP contribution is -2.00. The van der Waals surface area contributed by atoms with Gasteiger partial charge in [0, 0.05) is 27.5 Å². The molecule has 0 atom stereocenters. The summed E-state index contributed by atoms with van der Waals surface area (Å²) < 4.78 is 6.21. The van der Waals surface area contributed by atoms with E-state index in [-0.39, 0.29) is 0 Å². The van der Waals surface area contributed by atoms with Crippen LogP contribution in [0.3, 0.4) is 0 Å². The standard InChI is InChI=1S/C43H27N3O/c1-3-12-28(13-4-1)30-24-25-35-31(26-30)17-10-20-34(35)32-16-9-18-33(27-32)42-44-41(29-14-5-2-6-15-29)45-43(46-42)37-21-11-23-39-40(37)36-19-7-8-22-38(36)47-39/h1-27H. The summed E-state index contributed by atoms with van der Waals surface area (Å²) in [6.45, 7) is 0. The van der Waals surface area contributed by atoms with Crippen LogP contribution in [0.2, 0.25) is 0 Å². The predicted molar refractivity (Wildman–Crippen MR) is 192 cm³/mol. The van der Waals surface area contributed by atoms with E-state index in [1.165, 1.54) is 21.9 Å². The van der Waals surface area contributed by atoms with Crippen LogP contribution in [0.4, 0.5) is 0 Å². The van der Waals surface area contributed by atoms with Crippen molar-refractivity contribution in [2.75, 3.05) is 0 Å². The number of hydrogen-bond donors (Lipinski definition) is 0. The number of hydrogen-bond acceptors (Lipinski definition) is 4. The Hall–Kier alpha value is -6.39. The van der Waals surface area contributed by atoms with Gasteiger partial charge in [-0.15, -0.1) is 0 Å². The van der Waals surface area contributed by atoms with Gasteiger partial charge in [-0.05, 0) is 57.3 Å². The van der Waals surface area contributed by atoms with Crippen molar-refractivity contribution in [1.29, 1.82) is 0 Å². The first-order chi connectivity index (χ1) is 23.3. The Kier molecular flexibility index (Phi) is 6.43. The highest BCUT2D eigenvalue weighted by Gasteiger charge is 2.18. The maximum atomic E-state index is 6.21. The van der Waals surface area contributed by atoms with Crippen molar-refractivity contribution in [3.8, 4) is 56.4 Å². The topological polar surface area (TPSA) is 51.8 Å². The summed E-state index contributed by atoms with van der Waals surface area (Å²) in [5.74, 6) is 1.85. The van der Waals surface area contributed by atoms with E-state index in [9.17, 15) is 0 Å². The van der Waals surface area contributed by atoms with Crippen molar-refractivity contribution >= 4 is 32.7 Å². The summed E-state index contributed by atoms with van der Waals surface area (Å²) in [6, 6.07) is 56.4. The molecule has 0 radical (unpaired) electrons. The highest BCUT2D eigenvalue weighted by Crippen LogP contribution is 2.37. The third kappa shape index (κ3) is 4.84. The Bertz CT molecular complexity index is 2570. The van der Waals surface area contributed by atoms with Crippen LogP contribution in [0, 0.1) is 0 Å². The summed E-state index contributed by atoms with van der Waals surface area (Å²) in [7, 11) is 0. The molecule has 0 amide bonds. The molecule has 2 heterocycles. The minimum Gasteiger partial charge on any atom is -0.456 e. The van der Waals surface area contributed by atoms with Crippen LogP contribution < -0.4 is 0 Å². The van der Waals surface area contributed by atoms with Crippen LogP contribution in [0.1, 0.15) is 0 Å². The van der Waals surface area contributed by atoms with E-state index in [0.717, 1.165) is 49.8 Å². The van der Waals surface area contributed by atoms with Crippen molar-refractivity contribution in [3.05, 3.63) is 164 Å². The molecule has 4 heteroatoms. The summed E-state index contributed by atoms with van der Waals surface area (Å²) >= 11 is 0. The third-order valence-electron chi connectivity index (χ3n) is 8.73. The summed E-state index contributed by atoms with van der Waals surface area (Å²) in [5.41, 5.74) is 9.09. The predicted octanol–water partition coefficient (Wildman–Crippen LogP) is 11.3. The summed E-state index contributed by atoms with van der Waals surface area (Å²) in [6.07, 6.45) is 0. The number of nitrogens with zero attached hydrogens (tertiary/aromatic N) is 3. The molecule has 0 aliphatic heterocycles. The Morgan fingerprint density at radius 2 is 0.957 bits per heavy atom. The molecule has 0 unspecified atom stereocenters. The van der Waals surface area contributed by atoms with E-state index < -0.39 is 0 Å². The largest absolute Gasteiger partial charge is 0.456 e. The van der Waals surface area contributed by atoms with Crippen LogP contribution >= 0.6 is 0 Å². The second-order valence-corrected chi connectivity index (χ2v) is 11.6. The van der Waals surface area contributed by atoms with E-state index in [1.54, 1.807) is 0 Å². The van der Waals surface area contributed by atoms with Crippen molar-refractivity contribution in [3.63, 3.8) is 0 Å². The number of rotatable bonds is 5. The fourth-order valence-electron chi connectivity index (χ4n) is 6.47. The molecule has 0 aliphatic rings. The van der Waals surface area contributed by atoms with Gasteiger partial charge in [-0.3, -0.25) is 0 Å². The molecule has 0 bridgehead atoms. The summed E-state index contributed by atoms with van der Waals surface area (Å²) in [4.78, 5) is 15.2. The Morgan fingerprint density at radius 3 is 1.81 bits per heavy atom. The molecule has 47 heavy (non-hydrogen) atoms. The molecular weight excluding hydrogens is 574 g/mol. The molecule has 0 N–H and O–H groups in total. The zero-order chi connectivity index (χ0) is 31.2. The first-order valence-electron chi connectivity index (χ1n) is 15.7. The average molecular weight is 602 g/mol. The van der Waals surface area contributed by atoms with Crippen LogP contribution in [0.15, 0.2) is 168 Å². The first kappa shape index (κ1) is 27.0. The quantitative estimate of drug-likeness (QED) is 0.197. The second-order valence-electron chi connectivity index (χ2n) is 11.6. The highest BCUT2D eigenvalue weighted by atomic mass is 16.3. The molecule has 4 nitrogen and oxygen atoms in total. The Labute approximate surface area is 271 Å². The SMILES string of the molecule is c1ccc(-c2ccc3c(-c4cccc(-c5nc(-c6ccccc6)nc(-c6cccc7oc8ccccc8c67)n5)c4)cccc3c2)cc1. The normalized spacial score (nSPS) is 11.4. The number of furan rings is 1. The van der Waals surface area contributed by atoms with Crippen LogP contribution in [0.5, 0.6) is 0 Å². The van der Waals surface area contributed by atoms with Gasteiger partial charge in [-0.2, -0.15) is 0 Å². The van der Waals surface area contributed by atoms with Crippen LogP contribution in [-0.4, -0.2) is 15.0 Å². The van der Waals surface area contributed by atoms with E-state index in [0.29, 0.717) is 17.5 Å². The lowest BCUT2D eigenvalue weighted by atomic mass is 9.94. The Balaban J connectivity index is 1.20. The molecule has 0 saturated carbocycles. The van der Waals surface area contributed by atoms with Crippen molar-refractivity contribution in [1.82, 2.24) is 15.0 Å². The molecule has 9 aromatic rings. The molecule has 0 aliphatic carbocycles. The molecule has 9 rings (SSSR count). The fourth-order valence-corrected chi connectivity index (χ4v) is 6.47. The second kappa shape index (κ2) is 11.2. The van der Waals surface area contributed by atoms with Gasteiger partial charge in [0.25, 0.3) is 0 Å². The maximum Gasteiger partial charge on any atom is 0.164 e. The average Bonchev–Trinajstić information content (AvgIpc) is 3.54. The van der Waals surface area contributed by atoms with Gasteiger partial charge >= 0.3 is 0 Å². The lowest BCUT2D eigenvalue weighted by Gasteiger charge is -2.12. The van der Waals surface area contributed by atoms with Gasteiger partial charge in [-0.1, -0.05) is 140 Å². The zero-order valence-electron chi connectivity index (χ0n) is 25.3. The number of benzene rings is 7. The van der Waals surface area contributed by atoms with Gasteiger partial charge in [-0.25, -0.2) is 15.0 Å². The monoisotopic (exact) mass is 601 g/mol. The molecule has 0 saturated heterocycles. The summed E-state index contributed by atoms with van der Waals surface area (Å²) in [5, 5.41) is 4.43. The number of para-hydroxylation sites is 1. The molecule has 220 valence electrons.